The van der Waals surface area contributed by atoms with Gasteiger partial charge >= 0.3 is 19.8 Å². The van der Waals surface area contributed by atoms with Gasteiger partial charge in [0.25, 0.3) is 0 Å². The fraction of sp³-hybridized carbons (Fsp3) is 0.733. The zero-order chi connectivity index (χ0) is 44.0. The molecule has 1 heterocycles. The lowest BCUT2D eigenvalue weighted by molar-refractivity contribution is -0.220. The molecule has 0 bridgehead atoms. The van der Waals surface area contributed by atoms with Crippen molar-refractivity contribution in [1.29, 1.82) is 0 Å². The Kier molecular flexibility index (Phi) is 28.8. The Morgan fingerprint density at radius 3 is 1.72 bits per heavy atom. The van der Waals surface area contributed by atoms with Crippen molar-refractivity contribution in [2.75, 3.05) is 13.2 Å². The number of esters is 2. The Labute approximate surface area is 358 Å². The first-order valence-corrected chi connectivity index (χ1v) is 23.7. The van der Waals surface area contributed by atoms with Crippen molar-refractivity contribution in [2.45, 2.75) is 197 Å². The van der Waals surface area contributed by atoms with Crippen LogP contribution in [-0.4, -0.2) is 111 Å². The van der Waals surface area contributed by atoms with E-state index in [0.717, 1.165) is 77.0 Å². The number of carbonyl (C=O) groups excluding carboxylic acids is 2. The molecule has 0 amide bonds. The highest BCUT2D eigenvalue weighted by molar-refractivity contribution is 7.47. The number of hydrogen-bond acceptors (Lipinski definition) is 13. The number of phosphoric acid groups is 1. The zero-order valence-corrected chi connectivity index (χ0v) is 36.8. The molecule has 15 heteroatoms. The fourth-order valence-electron chi connectivity index (χ4n) is 6.47. The maximum absolute atomic E-state index is 12.8. The van der Waals surface area contributed by atoms with Crippen molar-refractivity contribution in [2.24, 2.45) is 0 Å². The van der Waals surface area contributed by atoms with E-state index in [1.807, 2.05) is 12.2 Å². The number of aliphatic hydroxyl groups is 5. The third-order valence-electron chi connectivity index (χ3n) is 10.2. The van der Waals surface area contributed by atoms with Gasteiger partial charge < -0.3 is 44.6 Å². The van der Waals surface area contributed by atoms with E-state index >= 15 is 0 Å². The number of phosphoric ester groups is 1. The Balaban J connectivity index is 1.77. The Hall–Kier alpha value is -2.49. The lowest BCUT2D eigenvalue weighted by Gasteiger charge is -2.41. The molecule has 6 N–H and O–H groups in total. The van der Waals surface area contributed by atoms with Crippen molar-refractivity contribution >= 4 is 19.8 Å². The summed E-state index contributed by atoms with van der Waals surface area (Å²) in [7, 11) is -5.14. The van der Waals surface area contributed by atoms with Crippen LogP contribution in [0.2, 0.25) is 0 Å². The maximum Gasteiger partial charge on any atom is 0.472 e. The van der Waals surface area contributed by atoms with E-state index in [9.17, 15) is 44.6 Å². The summed E-state index contributed by atoms with van der Waals surface area (Å²) in [5.41, 5.74) is 0. The monoisotopic (exact) mass is 870 g/mol. The van der Waals surface area contributed by atoms with Gasteiger partial charge in [0.05, 0.1) is 18.8 Å². The quantitative estimate of drug-likeness (QED) is 0.0124. The minimum absolute atomic E-state index is 0.00678. The molecule has 344 valence electrons. The summed E-state index contributed by atoms with van der Waals surface area (Å²) in [5, 5.41) is 50.1. The molecule has 1 aliphatic carbocycles. The van der Waals surface area contributed by atoms with E-state index in [2.05, 4.69) is 62.5 Å². The number of rotatable bonds is 34. The first kappa shape index (κ1) is 53.6. The highest BCUT2D eigenvalue weighted by Gasteiger charge is 2.51. The highest BCUT2D eigenvalue weighted by Crippen LogP contribution is 2.47. The van der Waals surface area contributed by atoms with Crippen molar-refractivity contribution in [3.63, 3.8) is 0 Å². The Morgan fingerprint density at radius 1 is 0.583 bits per heavy atom. The normalized spacial score (nSPS) is 26.1. The van der Waals surface area contributed by atoms with Crippen molar-refractivity contribution in [1.82, 2.24) is 0 Å². The minimum atomic E-state index is -5.14. The van der Waals surface area contributed by atoms with Crippen molar-refractivity contribution in [3.05, 3.63) is 60.8 Å². The van der Waals surface area contributed by atoms with Crippen molar-refractivity contribution < 1.29 is 67.8 Å². The maximum atomic E-state index is 12.8. The summed E-state index contributed by atoms with van der Waals surface area (Å²) < 4.78 is 39.2. The number of hydrogen-bond donors (Lipinski definition) is 6. The van der Waals surface area contributed by atoms with E-state index in [1.165, 1.54) is 19.3 Å². The largest absolute Gasteiger partial charge is 0.472 e. The van der Waals surface area contributed by atoms with E-state index in [-0.39, 0.29) is 25.0 Å². The molecule has 2 rings (SSSR count). The molecular formula is C45H75O14P. The number of ether oxygens (including phenoxy) is 3. The van der Waals surface area contributed by atoms with Crippen LogP contribution in [0.1, 0.15) is 142 Å². The number of unbranched alkanes of at least 4 members (excludes halogenated alkanes) is 10. The average Bonchev–Trinajstić information content (AvgIpc) is 3.99. The number of aliphatic hydroxyl groups excluding tert-OH is 5. The van der Waals surface area contributed by atoms with E-state index < -0.39 is 75.7 Å². The minimum Gasteiger partial charge on any atom is -0.462 e. The molecule has 5 unspecified atom stereocenters. The summed E-state index contributed by atoms with van der Waals surface area (Å²) >= 11 is 0. The van der Waals surface area contributed by atoms with Crippen LogP contribution in [0, 0.1) is 0 Å². The van der Waals surface area contributed by atoms with Crippen molar-refractivity contribution in [3.8, 4) is 0 Å². The lowest BCUT2D eigenvalue weighted by atomic mass is 9.85. The highest BCUT2D eigenvalue weighted by atomic mass is 31.2. The summed E-state index contributed by atoms with van der Waals surface area (Å²) in [6.45, 7) is 3.11. The molecular weight excluding hydrogens is 795 g/mol. The molecule has 0 spiro atoms. The second-order valence-corrected chi connectivity index (χ2v) is 17.0. The van der Waals surface area contributed by atoms with Gasteiger partial charge in [-0.15, -0.1) is 0 Å². The van der Waals surface area contributed by atoms with E-state index in [0.29, 0.717) is 19.3 Å². The summed E-state index contributed by atoms with van der Waals surface area (Å²) in [4.78, 5) is 35.7. The van der Waals surface area contributed by atoms with E-state index in [1.54, 1.807) is 0 Å². The molecule has 1 saturated carbocycles. The molecule has 0 radical (unpaired) electrons. The van der Waals surface area contributed by atoms with Crippen LogP contribution in [0.5, 0.6) is 0 Å². The van der Waals surface area contributed by atoms with Gasteiger partial charge in [0.15, 0.2) is 6.10 Å². The number of allylic oxidation sites excluding steroid dienone is 8. The SMILES string of the molecule is CCC/C=C\C/C=C\CCCCCCCC(=O)OC[C@H](COP(=O)(O)OC1[C@H](O)[C@H](O)C(O)[C@H](O)[C@H]1O)OC(=O)CCC/C=C\CC1OC1C/C=C\C/C=C\CCCCC. The number of epoxide rings is 1. The van der Waals surface area contributed by atoms with Crippen LogP contribution in [0.3, 0.4) is 0 Å². The lowest BCUT2D eigenvalue weighted by Crippen LogP contribution is -2.64. The molecule has 10 atom stereocenters. The predicted molar refractivity (Wildman–Crippen MR) is 230 cm³/mol. The molecule has 0 aromatic carbocycles. The standard InChI is InChI=1S/C45H75O14P/c1-3-5-7-9-11-13-14-15-16-18-20-22-27-31-38(46)55-33-35(34-56-60(53,54)59-45-43(51)41(49)40(48)42(50)44(45)52)57-39(47)32-28-24-23-26-30-37-36(58-37)29-25-21-19-17-12-10-8-6-4-2/h7,9,12-14,17,21,23,25-26,35-37,40-45,48-52H,3-6,8,10-11,15-16,18-20,22,24,27-34H2,1-2H3,(H,53,54)/b9-7-,14-13-,17-12-,25-21-,26-23-/t35-,36?,37?,40?,41-,42+,43-,44-,45?/m1/s1. The Bertz CT molecular complexity index is 1350. The summed E-state index contributed by atoms with van der Waals surface area (Å²) in [5.74, 6) is -1.20. The molecule has 1 aliphatic heterocycles. The molecule has 2 aliphatic rings. The smallest absolute Gasteiger partial charge is 0.462 e. The fourth-order valence-corrected chi connectivity index (χ4v) is 7.45. The van der Waals surface area contributed by atoms with Crippen LogP contribution >= 0.6 is 7.82 Å². The Morgan fingerprint density at radius 2 is 1.08 bits per heavy atom. The second kappa shape index (κ2) is 32.2. The van der Waals surface area contributed by atoms with Gasteiger partial charge in [-0.25, -0.2) is 4.57 Å². The van der Waals surface area contributed by atoms with Crippen LogP contribution in [0.25, 0.3) is 0 Å². The molecule has 0 aromatic heterocycles. The second-order valence-electron chi connectivity index (χ2n) is 15.6. The molecule has 1 saturated heterocycles. The van der Waals surface area contributed by atoms with Crippen LogP contribution in [0.15, 0.2) is 60.8 Å². The first-order valence-electron chi connectivity index (χ1n) is 22.2. The average molecular weight is 871 g/mol. The van der Waals surface area contributed by atoms with Crippen LogP contribution < -0.4 is 0 Å². The van der Waals surface area contributed by atoms with Crippen LogP contribution in [0.4, 0.5) is 0 Å². The first-order chi connectivity index (χ1) is 28.9. The number of carbonyl (C=O) groups is 2. The molecule has 60 heavy (non-hydrogen) atoms. The summed E-state index contributed by atoms with van der Waals surface area (Å²) in [6, 6.07) is 0. The van der Waals surface area contributed by atoms with Gasteiger partial charge in [-0.1, -0.05) is 113 Å². The molecule has 2 fully saturated rings. The van der Waals surface area contributed by atoms with Gasteiger partial charge in [0, 0.05) is 12.8 Å². The van der Waals surface area contributed by atoms with Gasteiger partial charge in [0.1, 0.15) is 43.2 Å². The molecule has 14 nitrogen and oxygen atoms in total. The van der Waals surface area contributed by atoms with Crippen LogP contribution in [-0.2, 0) is 37.4 Å². The van der Waals surface area contributed by atoms with Gasteiger partial charge in [0.2, 0.25) is 0 Å². The zero-order valence-electron chi connectivity index (χ0n) is 35.9. The van der Waals surface area contributed by atoms with E-state index in [4.69, 9.17) is 23.3 Å². The van der Waals surface area contributed by atoms with Gasteiger partial charge in [-0.3, -0.25) is 18.6 Å². The third kappa shape index (κ3) is 24.2. The predicted octanol–water partition coefficient (Wildman–Crippen LogP) is 7.15. The third-order valence-corrected chi connectivity index (χ3v) is 11.2. The topological polar surface area (TPSA) is 222 Å². The van der Waals surface area contributed by atoms with Gasteiger partial charge in [-0.05, 0) is 77.0 Å². The summed E-state index contributed by atoms with van der Waals surface area (Å²) in [6.07, 6.45) is 25.9. The van der Waals surface area contributed by atoms with Gasteiger partial charge in [-0.2, -0.15) is 0 Å². The molecule has 0 aromatic rings.